The summed E-state index contributed by atoms with van der Waals surface area (Å²) in [4.78, 5) is 24.6. The molecule has 27 heavy (non-hydrogen) atoms. The van der Waals surface area contributed by atoms with Gasteiger partial charge in [-0.3, -0.25) is 4.79 Å². The first-order valence-electron chi connectivity index (χ1n) is 8.30. The van der Waals surface area contributed by atoms with Crippen LogP contribution in [-0.2, 0) is 14.8 Å². The molecule has 0 amide bonds. The molecular formula is C18H18ClNO5S2. The topological polar surface area (TPSA) is 80.8 Å². The molecule has 1 aliphatic heterocycles. The number of Topliss-reactive ketones (excluding diaryl/α,β-unsaturated/α-hetero) is 1. The van der Waals surface area contributed by atoms with Crippen molar-refractivity contribution in [2.24, 2.45) is 5.92 Å². The van der Waals surface area contributed by atoms with E-state index in [9.17, 15) is 18.0 Å². The molecule has 1 aromatic heterocycles. The fourth-order valence-electron chi connectivity index (χ4n) is 3.13. The van der Waals surface area contributed by atoms with Crippen LogP contribution in [0.15, 0.2) is 40.6 Å². The summed E-state index contributed by atoms with van der Waals surface area (Å²) in [7, 11) is -2.69. The monoisotopic (exact) mass is 427 g/mol. The summed E-state index contributed by atoms with van der Waals surface area (Å²) in [5.41, 5.74) is 0.470. The van der Waals surface area contributed by atoms with Gasteiger partial charge in [0.25, 0.3) is 0 Å². The average Bonchev–Trinajstić information content (AvgIpc) is 3.17. The molecule has 3 rings (SSSR count). The van der Waals surface area contributed by atoms with Gasteiger partial charge in [-0.15, -0.1) is 11.3 Å². The van der Waals surface area contributed by atoms with Gasteiger partial charge >= 0.3 is 5.97 Å². The summed E-state index contributed by atoms with van der Waals surface area (Å²) in [5, 5.41) is 2.00. The lowest BCUT2D eigenvalue weighted by Crippen LogP contribution is -2.42. The van der Waals surface area contributed by atoms with Crippen LogP contribution >= 0.6 is 22.9 Å². The minimum atomic E-state index is -3.90. The molecule has 1 aromatic carbocycles. The molecule has 0 saturated carbocycles. The number of halogens is 1. The van der Waals surface area contributed by atoms with Crippen LogP contribution in [-0.4, -0.2) is 44.7 Å². The van der Waals surface area contributed by atoms with E-state index in [0.717, 1.165) is 11.3 Å². The van der Waals surface area contributed by atoms with E-state index in [2.05, 4.69) is 4.74 Å². The number of nitrogens with zero attached hydrogens (tertiary/aromatic N) is 1. The van der Waals surface area contributed by atoms with Crippen molar-refractivity contribution < 1.29 is 22.7 Å². The van der Waals surface area contributed by atoms with Crippen molar-refractivity contribution in [3.05, 3.63) is 51.2 Å². The Bertz CT molecular complexity index is 970. The lowest BCUT2D eigenvalue weighted by molar-refractivity contribution is 0.0601. The predicted molar refractivity (Wildman–Crippen MR) is 103 cm³/mol. The Labute approximate surface area is 166 Å². The molecule has 0 radical (unpaired) electrons. The number of piperidine rings is 1. The number of sulfonamides is 1. The molecule has 1 atom stereocenters. The molecular weight excluding hydrogens is 410 g/mol. The number of carbonyl (C=O) groups excluding carboxylic acids is 2. The highest BCUT2D eigenvalue weighted by molar-refractivity contribution is 7.89. The van der Waals surface area contributed by atoms with Gasteiger partial charge in [-0.1, -0.05) is 23.7 Å². The first kappa shape index (κ1) is 20.0. The number of ether oxygens (including phenoxy) is 1. The molecule has 1 fully saturated rings. The van der Waals surface area contributed by atoms with E-state index >= 15 is 0 Å². The van der Waals surface area contributed by atoms with Crippen LogP contribution in [0.5, 0.6) is 0 Å². The summed E-state index contributed by atoms with van der Waals surface area (Å²) >= 11 is 6.97. The van der Waals surface area contributed by atoms with Crippen molar-refractivity contribution in [2.45, 2.75) is 17.7 Å². The molecule has 0 spiro atoms. The van der Waals surface area contributed by atoms with Crippen molar-refractivity contribution >= 4 is 44.7 Å². The normalized spacial score (nSPS) is 18.2. The Morgan fingerprint density at radius 2 is 2.07 bits per heavy atom. The van der Waals surface area contributed by atoms with Gasteiger partial charge in [-0.25, -0.2) is 13.2 Å². The maximum absolute atomic E-state index is 13.0. The first-order valence-corrected chi connectivity index (χ1v) is 11.0. The lowest BCUT2D eigenvalue weighted by atomic mass is 9.91. The molecule has 9 heteroatoms. The van der Waals surface area contributed by atoms with E-state index in [0.29, 0.717) is 30.0 Å². The Hall–Kier alpha value is -1.74. The summed E-state index contributed by atoms with van der Waals surface area (Å²) < 4.78 is 32.0. The van der Waals surface area contributed by atoms with Crippen LogP contribution in [0.2, 0.25) is 5.02 Å². The van der Waals surface area contributed by atoms with Gasteiger partial charge in [0.15, 0.2) is 5.78 Å². The van der Waals surface area contributed by atoms with Crippen LogP contribution < -0.4 is 0 Å². The van der Waals surface area contributed by atoms with E-state index in [1.165, 1.54) is 22.9 Å². The number of carbonyl (C=O) groups is 2. The van der Waals surface area contributed by atoms with Crippen molar-refractivity contribution in [3.63, 3.8) is 0 Å². The molecule has 2 heterocycles. The van der Waals surface area contributed by atoms with E-state index in [-0.39, 0.29) is 22.1 Å². The van der Waals surface area contributed by atoms with Gasteiger partial charge in [0.05, 0.1) is 7.11 Å². The van der Waals surface area contributed by atoms with Gasteiger partial charge < -0.3 is 4.74 Å². The number of ketones is 1. The number of thiophene rings is 1. The Morgan fingerprint density at radius 3 is 2.78 bits per heavy atom. The van der Waals surface area contributed by atoms with Crippen LogP contribution in [0.25, 0.3) is 0 Å². The number of methoxy groups -OCH3 is 1. The van der Waals surface area contributed by atoms with E-state index < -0.39 is 21.9 Å². The second kappa shape index (κ2) is 8.10. The van der Waals surface area contributed by atoms with Crippen LogP contribution in [0, 0.1) is 5.92 Å². The second-order valence-electron chi connectivity index (χ2n) is 6.18. The van der Waals surface area contributed by atoms with E-state index in [1.54, 1.807) is 24.3 Å². The molecule has 144 valence electrons. The van der Waals surface area contributed by atoms with Crippen LogP contribution in [0.3, 0.4) is 0 Å². The number of hydrogen-bond acceptors (Lipinski definition) is 6. The zero-order chi connectivity index (χ0) is 19.6. The zero-order valence-corrected chi connectivity index (χ0v) is 16.9. The number of esters is 1. The highest BCUT2D eigenvalue weighted by Gasteiger charge is 2.36. The molecule has 2 aromatic rings. The number of benzene rings is 1. The molecule has 6 nitrogen and oxygen atoms in total. The Morgan fingerprint density at radius 1 is 1.30 bits per heavy atom. The van der Waals surface area contributed by atoms with Crippen LogP contribution in [0.4, 0.5) is 0 Å². The lowest BCUT2D eigenvalue weighted by Gasteiger charge is -2.31. The molecule has 1 aliphatic rings. The molecule has 0 N–H and O–H groups in total. The maximum Gasteiger partial charge on any atom is 0.349 e. The second-order valence-corrected chi connectivity index (χ2v) is 9.44. The van der Waals surface area contributed by atoms with Crippen molar-refractivity contribution in [3.8, 4) is 0 Å². The van der Waals surface area contributed by atoms with E-state index in [1.807, 2.05) is 0 Å². The average molecular weight is 428 g/mol. The fraction of sp³-hybridized carbons (Fsp3) is 0.333. The largest absolute Gasteiger partial charge is 0.465 e. The maximum atomic E-state index is 13.0. The third-order valence-corrected chi connectivity index (χ3v) is 7.65. The van der Waals surface area contributed by atoms with Gasteiger partial charge in [0, 0.05) is 29.6 Å². The third-order valence-electron chi connectivity index (χ3n) is 4.48. The SMILES string of the molecule is COC(=O)c1sccc1S(=O)(=O)N1CCCC(C(=O)c2cccc(Cl)c2)C1. The fourth-order valence-corrected chi connectivity index (χ4v) is 6.16. The van der Waals surface area contributed by atoms with Gasteiger partial charge in [0.1, 0.15) is 9.77 Å². The number of rotatable bonds is 5. The summed E-state index contributed by atoms with van der Waals surface area (Å²) in [6.07, 6.45) is 1.17. The molecule has 0 aliphatic carbocycles. The van der Waals surface area contributed by atoms with Gasteiger partial charge in [-0.05, 0) is 36.4 Å². The highest BCUT2D eigenvalue weighted by Crippen LogP contribution is 2.30. The van der Waals surface area contributed by atoms with Gasteiger partial charge in [-0.2, -0.15) is 4.31 Å². The standard InChI is InChI=1S/C18H18ClNO5S2/c1-25-18(22)17-15(7-9-26-17)27(23,24)20-8-3-5-13(11-20)16(21)12-4-2-6-14(19)10-12/h2,4,6-7,9-10,13H,3,5,8,11H2,1H3. The van der Waals surface area contributed by atoms with E-state index in [4.69, 9.17) is 11.6 Å². The summed E-state index contributed by atoms with van der Waals surface area (Å²) in [5.74, 6) is -1.27. The third kappa shape index (κ3) is 4.08. The van der Waals surface area contributed by atoms with Crippen molar-refractivity contribution in [1.82, 2.24) is 4.31 Å². The molecule has 0 bridgehead atoms. The zero-order valence-electron chi connectivity index (χ0n) is 14.6. The Kier molecular flexibility index (Phi) is 6.00. The van der Waals surface area contributed by atoms with Crippen molar-refractivity contribution in [2.75, 3.05) is 20.2 Å². The smallest absolute Gasteiger partial charge is 0.349 e. The first-order chi connectivity index (χ1) is 12.8. The molecule has 1 unspecified atom stereocenters. The number of hydrogen-bond donors (Lipinski definition) is 0. The highest BCUT2D eigenvalue weighted by atomic mass is 35.5. The quantitative estimate of drug-likeness (QED) is 0.539. The minimum absolute atomic E-state index is 0.0424. The van der Waals surface area contributed by atoms with Crippen molar-refractivity contribution in [1.29, 1.82) is 0 Å². The predicted octanol–water partition coefficient (Wildman–Crippen LogP) is 3.47. The summed E-state index contributed by atoms with van der Waals surface area (Å²) in [6.45, 7) is 0.377. The summed E-state index contributed by atoms with van der Waals surface area (Å²) in [6, 6.07) is 8.04. The molecule has 1 saturated heterocycles. The Balaban J connectivity index is 1.84. The minimum Gasteiger partial charge on any atom is -0.465 e. The van der Waals surface area contributed by atoms with Gasteiger partial charge in [0.2, 0.25) is 10.0 Å². The van der Waals surface area contributed by atoms with Crippen LogP contribution in [0.1, 0.15) is 32.9 Å².